The Morgan fingerprint density at radius 1 is 1.29 bits per heavy atom. The van der Waals surface area contributed by atoms with Crippen molar-refractivity contribution in [3.8, 4) is 0 Å². The molecule has 0 heterocycles. The third kappa shape index (κ3) is 1.57. The Balaban J connectivity index is 2.26. The van der Waals surface area contributed by atoms with Crippen LogP contribution in [0, 0.1) is 19.8 Å². The topological polar surface area (TPSA) is 26.0 Å². The first-order chi connectivity index (χ1) is 6.70. The van der Waals surface area contributed by atoms with E-state index in [-0.39, 0.29) is 6.04 Å². The van der Waals surface area contributed by atoms with Crippen LogP contribution in [0.2, 0.25) is 0 Å². The third-order valence-corrected chi connectivity index (χ3v) is 3.66. The molecule has 2 rings (SSSR count). The van der Waals surface area contributed by atoms with Gasteiger partial charge in [-0.2, -0.15) is 0 Å². The van der Waals surface area contributed by atoms with Crippen LogP contribution in [0.15, 0.2) is 18.2 Å². The molecule has 76 valence electrons. The second-order valence-electron chi connectivity index (χ2n) is 4.51. The lowest BCUT2D eigenvalue weighted by molar-refractivity contribution is 0.264. The van der Waals surface area contributed by atoms with E-state index < -0.39 is 0 Å². The molecular weight excluding hydrogens is 170 g/mol. The molecule has 1 fully saturated rings. The van der Waals surface area contributed by atoms with Crippen LogP contribution in [-0.4, -0.2) is 0 Å². The lowest BCUT2D eigenvalue weighted by atomic mass is 9.76. The average Bonchev–Trinajstić information content (AvgIpc) is 2.06. The molecule has 1 nitrogen and oxygen atoms in total. The first-order valence-corrected chi connectivity index (χ1v) is 5.52. The largest absolute Gasteiger partial charge is 0.324 e. The Kier molecular flexibility index (Phi) is 2.60. The minimum Gasteiger partial charge on any atom is -0.324 e. The SMILES string of the molecule is Cc1cccc([C@@H](N)C2CCC2)c1C. The molecule has 0 amide bonds. The minimum absolute atomic E-state index is 0.267. The van der Waals surface area contributed by atoms with E-state index in [4.69, 9.17) is 5.73 Å². The summed E-state index contributed by atoms with van der Waals surface area (Å²) < 4.78 is 0. The van der Waals surface area contributed by atoms with Gasteiger partial charge in [-0.1, -0.05) is 24.6 Å². The van der Waals surface area contributed by atoms with Crippen LogP contribution in [0.1, 0.15) is 42.0 Å². The highest BCUT2D eigenvalue weighted by atomic mass is 14.7. The molecular formula is C13H19N. The standard InChI is InChI=1S/C13H19N/c1-9-5-3-8-12(10(9)2)13(14)11-6-4-7-11/h3,5,8,11,13H,4,6-7,14H2,1-2H3/t13-/m0/s1. The Morgan fingerprint density at radius 2 is 2.00 bits per heavy atom. The van der Waals surface area contributed by atoms with E-state index in [0.717, 1.165) is 5.92 Å². The van der Waals surface area contributed by atoms with E-state index in [0.29, 0.717) is 0 Å². The van der Waals surface area contributed by atoms with E-state index in [9.17, 15) is 0 Å². The fraction of sp³-hybridized carbons (Fsp3) is 0.538. The van der Waals surface area contributed by atoms with Crippen LogP contribution in [-0.2, 0) is 0 Å². The fourth-order valence-electron chi connectivity index (χ4n) is 2.19. The highest BCUT2D eigenvalue weighted by Crippen LogP contribution is 2.37. The minimum atomic E-state index is 0.267. The summed E-state index contributed by atoms with van der Waals surface area (Å²) in [7, 11) is 0. The van der Waals surface area contributed by atoms with Gasteiger partial charge >= 0.3 is 0 Å². The third-order valence-electron chi connectivity index (χ3n) is 3.66. The normalized spacial score (nSPS) is 19.1. The number of aryl methyl sites for hydroxylation is 1. The van der Waals surface area contributed by atoms with Crippen molar-refractivity contribution in [1.82, 2.24) is 0 Å². The first-order valence-electron chi connectivity index (χ1n) is 5.52. The van der Waals surface area contributed by atoms with Crippen molar-refractivity contribution < 1.29 is 0 Å². The molecule has 1 aromatic carbocycles. The van der Waals surface area contributed by atoms with Crippen molar-refractivity contribution >= 4 is 0 Å². The molecule has 1 atom stereocenters. The summed E-state index contributed by atoms with van der Waals surface area (Å²) in [4.78, 5) is 0. The van der Waals surface area contributed by atoms with E-state index in [2.05, 4.69) is 32.0 Å². The van der Waals surface area contributed by atoms with Crippen molar-refractivity contribution in [2.75, 3.05) is 0 Å². The maximum atomic E-state index is 6.27. The maximum Gasteiger partial charge on any atom is 0.0326 e. The molecule has 0 aromatic heterocycles. The quantitative estimate of drug-likeness (QED) is 0.760. The molecule has 0 aliphatic heterocycles. The van der Waals surface area contributed by atoms with Crippen molar-refractivity contribution in [1.29, 1.82) is 0 Å². The predicted molar refractivity (Wildman–Crippen MR) is 60.2 cm³/mol. The molecule has 0 bridgehead atoms. The second-order valence-corrected chi connectivity index (χ2v) is 4.51. The van der Waals surface area contributed by atoms with Crippen LogP contribution in [0.5, 0.6) is 0 Å². The van der Waals surface area contributed by atoms with Crippen molar-refractivity contribution in [2.45, 2.75) is 39.2 Å². The van der Waals surface area contributed by atoms with Gasteiger partial charge in [0.25, 0.3) is 0 Å². The average molecular weight is 189 g/mol. The Labute approximate surface area is 86.3 Å². The second kappa shape index (κ2) is 3.74. The van der Waals surface area contributed by atoms with Crippen molar-refractivity contribution in [3.63, 3.8) is 0 Å². The zero-order valence-corrected chi connectivity index (χ0v) is 9.09. The molecule has 1 aromatic rings. The molecule has 1 aliphatic rings. The van der Waals surface area contributed by atoms with Crippen LogP contribution in [0.25, 0.3) is 0 Å². The molecule has 0 saturated heterocycles. The van der Waals surface area contributed by atoms with Crippen LogP contribution < -0.4 is 5.73 Å². The van der Waals surface area contributed by atoms with Gasteiger partial charge < -0.3 is 5.73 Å². The highest BCUT2D eigenvalue weighted by molar-refractivity contribution is 5.35. The van der Waals surface area contributed by atoms with E-state index in [1.54, 1.807) is 0 Å². The van der Waals surface area contributed by atoms with Gasteiger partial charge in [0.15, 0.2) is 0 Å². The Morgan fingerprint density at radius 3 is 2.57 bits per heavy atom. The summed E-state index contributed by atoms with van der Waals surface area (Å²) in [5, 5.41) is 0. The van der Waals surface area contributed by atoms with Crippen molar-refractivity contribution in [2.24, 2.45) is 11.7 Å². The lowest BCUT2D eigenvalue weighted by Gasteiger charge is -2.32. The number of hydrogen-bond acceptors (Lipinski definition) is 1. The van der Waals surface area contributed by atoms with E-state index >= 15 is 0 Å². The van der Waals surface area contributed by atoms with Gasteiger partial charge in [0, 0.05) is 6.04 Å². The van der Waals surface area contributed by atoms with Gasteiger partial charge in [0.2, 0.25) is 0 Å². The van der Waals surface area contributed by atoms with Crippen molar-refractivity contribution in [3.05, 3.63) is 34.9 Å². The molecule has 14 heavy (non-hydrogen) atoms. The first kappa shape index (κ1) is 9.72. The summed E-state index contributed by atoms with van der Waals surface area (Å²) in [5.74, 6) is 0.732. The predicted octanol–water partition coefficient (Wildman–Crippen LogP) is 3.10. The molecule has 1 saturated carbocycles. The monoisotopic (exact) mass is 189 g/mol. The smallest absolute Gasteiger partial charge is 0.0326 e. The highest BCUT2D eigenvalue weighted by Gasteiger charge is 2.26. The van der Waals surface area contributed by atoms with Gasteiger partial charge in [-0.3, -0.25) is 0 Å². The maximum absolute atomic E-state index is 6.27. The fourth-order valence-corrected chi connectivity index (χ4v) is 2.19. The van der Waals surface area contributed by atoms with E-state index in [1.165, 1.54) is 36.0 Å². The number of benzene rings is 1. The van der Waals surface area contributed by atoms with Gasteiger partial charge in [-0.05, 0) is 49.3 Å². The van der Waals surface area contributed by atoms with Crippen LogP contribution in [0.4, 0.5) is 0 Å². The summed E-state index contributed by atoms with van der Waals surface area (Å²) in [6, 6.07) is 6.73. The van der Waals surface area contributed by atoms with E-state index in [1.807, 2.05) is 0 Å². The number of hydrogen-bond donors (Lipinski definition) is 1. The lowest BCUT2D eigenvalue weighted by Crippen LogP contribution is -2.27. The van der Waals surface area contributed by atoms with Crippen LogP contribution >= 0.6 is 0 Å². The zero-order valence-electron chi connectivity index (χ0n) is 9.09. The van der Waals surface area contributed by atoms with Gasteiger partial charge in [-0.15, -0.1) is 0 Å². The molecule has 0 radical (unpaired) electrons. The molecule has 1 heteroatoms. The molecule has 0 unspecified atom stereocenters. The Bertz CT molecular complexity index is 326. The van der Waals surface area contributed by atoms with Gasteiger partial charge in [0.1, 0.15) is 0 Å². The summed E-state index contributed by atoms with van der Waals surface area (Å²) in [6.45, 7) is 4.34. The van der Waals surface area contributed by atoms with Gasteiger partial charge in [0.05, 0.1) is 0 Å². The summed E-state index contributed by atoms with van der Waals surface area (Å²) in [6.07, 6.45) is 3.99. The Hall–Kier alpha value is -0.820. The number of rotatable bonds is 2. The molecule has 1 aliphatic carbocycles. The molecule has 2 N–H and O–H groups in total. The van der Waals surface area contributed by atoms with Crippen LogP contribution in [0.3, 0.4) is 0 Å². The number of nitrogens with two attached hydrogens (primary N) is 1. The summed E-state index contributed by atoms with van der Waals surface area (Å²) in [5.41, 5.74) is 10.4. The molecule has 0 spiro atoms. The van der Waals surface area contributed by atoms with Gasteiger partial charge in [-0.25, -0.2) is 0 Å². The zero-order chi connectivity index (χ0) is 10.1. The summed E-state index contributed by atoms with van der Waals surface area (Å²) >= 11 is 0.